The number of anilines is 5. The van der Waals surface area contributed by atoms with E-state index in [4.69, 9.17) is 0 Å². The van der Waals surface area contributed by atoms with Gasteiger partial charge in [-0.25, -0.2) is 0 Å². The molecule has 0 saturated heterocycles. The van der Waals surface area contributed by atoms with Gasteiger partial charge in [0.2, 0.25) is 0 Å². The largest absolute Gasteiger partial charge is 0.376 e. The number of hydrogen-bond donors (Lipinski definition) is 2. The Labute approximate surface area is 443 Å². The zero-order valence-electron chi connectivity index (χ0n) is 48.4. The van der Waals surface area contributed by atoms with Crippen molar-refractivity contribution in [3.8, 4) is 0 Å². The molecule has 6 aromatic rings. The minimum atomic E-state index is -0.116. The SMILES string of the molecule is CC(C)(C)C(c1ccc(Cc2ccc(N(CNc3ccc(Cc4ccc(N(C(C)(C)C)C(C)(C)C)cc4)cc3)CN(CO)c3ccc(Cc4ccc(N(C(C)(C)C)C(C)(C)C)cc4)cc3)cc2)cc1)C(C)(C)C. The second kappa shape index (κ2) is 22.4. The van der Waals surface area contributed by atoms with Crippen LogP contribution in [0.25, 0.3) is 0 Å². The highest BCUT2D eigenvalue weighted by Crippen LogP contribution is 2.47. The Morgan fingerprint density at radius 3 is 0.918 bits per heavy atom. The highest BCUT2D eigenvalue weighted by Gasteiger charge is 2.36. The van der Waals surface area contributed by atoms with Gasteiger partial charge in [-0.3, -0.25) is 0 Å². The quantitative estimate of drug-likeness (QED) is 0.0888. The molecule has 0 aromatic heterocycles. The number of benzene rings is 6. The summed E-state index contributed by atoms with van der Waals surface area (Å²) in [6, 6.07) is 53.9. The van der Waals surface area contributed by atoms with Crippen LogP contribution in [0.5, 0.6) is 0 Å². The minimum absolute atomic E-state index is 0.00130. The van der Waals surface area contributed by atoms with Gasteiger partial charge in [-0.2, -0.15) is 0 Å². The fourth-order valence-electron chi connectivity index (χ4n) is 12.1. The number of hydrogen-bond acceptors (Lipinski definition) is 6. The van der Waals surface area contributed by atoms with Crippen LogP contribution in [0, 0.1) is 10.8 Å². The summed E-state index contributed by atoms with van der Waals surface area (Å²) in [4.78, 5) is 9.33. The number of aliphatic hydroxyl groups excluding tert-OH is 1. The van der Waals surface area contributed by atoms with Gasteiger partial charge in [-0.1, -0.05) is 126 Å². The molecule has 0 aliphatic heterocycles. The Morgan fingerprint density at radius 1 is 0.356 bits per heavy atom. The summed E-state index contributed by atoms with van der Waals surface area (Å²) in [5, 5.41) is 14.7. The summed E-state index contributed by atoms with van der Waals surface area (Å²) in [5.41, 5.74) is 15.0. The van der Waals surface area contributed by atoms with E-state index in [0.717, 1.165) is 36.3 Å². The standard InChI is InChI=1S/C67H93N5O/c1-62(2,3)61(63(4,5)6)55-31-19-49(20-32-55)43-51-23-35-57(36-24-51)69(46-68-56-33-21-50(22-34-56)44-53-27-39-59(40-28-53)71(64(7,8)9)65(10,11)12)47-70(48-73)58-37-25-52(26-38-58)45-54-29-41-60(42-30-54)72(66(13,14)15)67(16,17)18/h19-42,61,68,73H,43-48H2,1-18H3. The van der Waals surface area contributed by atoms with E-state index in [1.54, 1.807) is 0 Å². The summed E-state index contributed by atoms with van der Waals surface area (Å²) >= 11 is 0. The molecule has 0 saturated carbocycles. The smallest absolute Gasteiger partial charge is 0.117 e. The fourth-order valence-corrected chi connectivity index (χ4v) is 12.1. The molecule has 0 radical (unpaired) electrons. The van der Waals surface area contributed by atoms with Gasteiger partial charge in [0, 0.05) is 50.6 Å². The zero-order chi connectivity index (χ0) is 53.7. The van der Waals surface area contributed by atoms with Crippen molar-refractivity contribution in [3.05, 3.63) is 185 Å². The van der Waals surface area contributed by atoms with Crippen LogP contribution < -0.4 is 24.9 Å². The third-order valence-electron chi connectivity index (χ3n) is 13.9. The molecule has 0 atom stereocenters. The Balaban J connectivity index is 1.18. The molecule has 0 unspecified atom stereocenters. The molecule has 6 heteroatoms. The highest BCUT2D eigenvalue weighted by atomic mass is 16.3. The molecular formula is C67H93N5O. The minimum Gasteiger partial charge on any atom is -0.376 e. The number of aliphatic hydroxyl groups is 1. The van der Waals surface area contributed by atoms with Gasteiger partial charge in [0.25, 0.3) is 0 Å². The monoisotopic (exact) mass is 984 g/mol. The van der Waals surface area contributed by atoms with E-state index in [2.05, 4.69) is 290 Å². The maximum atomic E-state index is 10.9. The lowest BCUT2D eigenvalue weighted by Crippen LogP contribution is -2.53. The van der Waals surface area contributed by atoms with Gasteiger partial charge >= 0.3 is 0 Å². The lowest BCUT2D eigenvalue weighted by atomic mass is 9.63. The molecule has 0 aliphatic rings. The molecule has 392 valence electrons. The third kappa shape index (κ3) is 15.4. The van der Waals surface area contributed by atoms with E-state index in [1.807, 2.05) is 4.90 Å². The number of rotatable bonds is 17. The van der Waals surface area contributed by atoms with E-state index in [1.165, 1.54) is 50.3 Å². The Morgan fingerprint density at radius 2 is 0.630 bits per heavy atom. The first kappa shape index (κ1) is 56.6. The fraction of sp³-hybridized carbons (Fsp3) is 0.463. The molecule has 0 spiro atoms. The van der Waals surface area contributed by atoms with Crippen molar-refractivity contribution < 1.29 is 5.11 Å². The second-order valence-corrected chi connectivity index (χ2v) is 26.9. The van der Waals surface area contributed by atoms with E-state index in [0.29, 0.717) is 19.3 Å². The van der Waals surface area contributed by atoms with Crippen LogP contribution in [-0.2, 0) is 19.3 Å². The van der Waals surface area contributed by atoms with Crippen molar-refractivity contribution in [1.29, 1.82) is 0 Å². The summed E-state index contributed by atoms with van der Waals surface area (Å²) in [5.74, 6) is 0.450. The lowest BCUT2D eigenvalue weighted by molar-refractivity contribution is 0.176. The molecular weight excluding hydrogens is 891 g/mol. The van der Waals surface area contributed by atoms with Crippen LogP contribution >= 0.6 is 0 Å². The zero-order valence-corrected chi connectivity index (χ0v) is 48.4. The maximum absolute atomic E-state index is 10.9. The first-order valence-electron chi connectivity index (χ1n) is 26.9. The first-order valence-corrected chi connectivity index (χ1v) is 26.9. The van der Waals surface area contributed by atoms with Crippen LogP contribution in [0.2, 0.25) is 0 Å². The lowest BCUT2D eigenvalue weighted by Gasteiger charge is -2.47. The van der Waals surface area contributed by atoms with E-state index >= 15 is 0 Å². The van der Waals surface area contributed by atoms with E-state index in [-0.39, 0.29) is 39.7 Å². The average Bonchev–Trinajstić information content (AvgIpc) is 3.27. The molecule has 0 amide bonds. The van der Waals surface area contributed by atoms with Crippen LogP contribution in [0.3, 0.4) is 0 Å². The first-order chi connectivity index (χ1) is 33.9. The number of nitrogens with one attached hydrogen (secondary N) is 1. The van der Waals surface area contributed by atoms with Crippen molar-refractivity contribution in [2.24, 2.45) is 10.8 Å². The Kier molecular flexibility index (Phi) is 17.4. The third-order valence-corrected chi connectivity index (χ3v) is 13.9. The van der Waals surface area contributed by atoms with Gasteiger partial charge in [-0.15, -0.1) is 0 Å². The predicted molar refractivity (Wildman–Crippen MR) is 318 cm³/mol. The van der Waals surface area contributed by atoms with Crippen molar-refractivity contribution in [1.82, 2.24) is 0 Å². The molecule has 0 heterocycles. The van der Waals surface area contributed by atoms with Gasteiger partial charge in [-0.05, 0) is 219 Å². The van der Waals surface area contributed by atoms with Crippen LogP contribution in [0.15, 0.2) is 146 Å². The molecule has 2 N–H and O–H groups in total. The summed E-state index contributed by atoms with van der Waals surface area (Å²) in [7, 11) is 0. The van der Waals surface area contributed by atoms with Gasteiger partial charge in [0.1, 0.15) is 6.73 Å². The molecule has 6 aromatic carbocycles. The van der Waals surface area contributed by atoms with Crippen molar-refractivity contribution in [2.75, 3.05) is 45.0 Å². The van der Waals surface area contributed by atoms with Gasteiger partial charge in [0.15, 0.2) is 0 Å². The average molecular weight is 985 g/mol. The topological polar surface area (TPSA) is 45.2 Å². The predicted octanol–water partition coefficient (Wildman–Crippen LogP) is 16.7. The molecule has 6 rings (SSSR count). The Hall–Kier alpha value is -5.72. The Bertz CT molecular complexity index is 2580. The molecule has 0 bridgehead atoms. The summed E-state index contributed by atoms with van der Waals surface area (Å²) in [6.07, 6.45) is 2.57. The van der Waals surface area contributed by atoms with Crippen LogP contribution in [-0.4, -0.2) is 47.3 Å². The molecule has 73 heavy (non-hydrogen) atoms. The molecule has 0 aliphatic carbocycles. The van der Waals surface area contributed by atoms with E-state index < -0.39 is 0 Å². The van der Waals surface area contributed by atoms with E-state index in [9.17, 15) is 5.11 Å². The summed E-state index contributed by atoms with van der Waals surface area (Å²) < 4.78 is 0. The van der Waals surface area contributed by atoms with Gasteiger partial charge in [0.05, 0.1) is 13.3 Å². The van der Waals surface area contributed by atoms with Crippen LogP contribution in [0.4, 0.5) is 28.4 Å². The van der Waals surface area contributed by atoms with Crippen LogP contribution in [0.1, 0.15) is 169 Å². The number of nitrogens with zero attached hydrogens (tertiary/aromatic N) is 4. The maximum Gasteiger partial charge on any atom is 0.117 e. The second-order valence-electron chi connectivity index (χ2n) is 26.9. The van der Waals surface area contributed by atoms with Crippen molar-refractivity contribution >= 4 is 28.4 Å². The highest BCUT2D eigenvalue weighted by molar-refractivity contribution is 5.57. The molecule has 0 fully saturated rings. The van der Waals surface area contributed by atoms with Gasteiger partial charge < -0.3 is 30.0 Å². The van der Waals surface area contributed by atoms with Crippen molar-refractivity contribution in [3.63, 3.8) is 0 Å². The normalized spacial score (nSPS) is 12.8. The summed E-state index contributed by atoms with van der Waals surface area (Å²) in [6.45, 7) is 42.4. The van der Waals surface area contributed by atoms with Crippen molar-refractivity contribution in [2.45, 2.75) is 172 Å². The molecule has 6 nitrogen and oxygen atoms in total.